The Bertz CT molecular complexity index is 1040. The zero-order chi connectivity index (χ0) is 19.4. The molecule has 1 N–H and O–H groups in total. The molecule has 1 heterocycles. The number of nitrogens with one attached hydrogen (secondary N) is 1. The Kier molecular flexibility index (Phi) is 6.16. The lowest BCUT2D eigenvalue weighted by Crippen LogP contribution is -2.24. The van der Waals surface area contributed by atoms with Crippen LogP contribution < -0.4 is 10.2 Å². The van der Waals surface area contributed by atoms with Crippen LogP contribution in [0.2, 0.25) is 15.2 Å². The highest BCUT2D eigenvalue weighted by atomic mass is 35.5. The van der Waals surface area contributed by atoms with Crippen LogP contribution in [0.15, 0.2) is 47.6 Å². The summed E-state index contributed by atoms with van der Waals surface area (Å²) in [5.74, 6) is -0.136. The van der Waals surface area contributed by atoms with Crippen LogP contribution in [-0.2, 0) is 4.79 Å². The predicted octanol–water partition coefficient (Wildman–Crippen LogP) is 5.03. The fraction of sp³-hybridized carbons (Fsp3) is 0.105. The SMILES string of the molecule is Cc1ccc2cc(/C=N\NC(=O)COc3cccc(Cl)c3Cl)c(Cl)nc2c1. The fourth-order valence-corrected chi connectivity index (χ4v) is 2.85. The van der Waals surface area contributed by atoms with E-state index < -0.39 is 5.91 Å². The molecule has 27 heavy (non-hydrogen) atoms. The van der Waals surface area contributed by atoms with Gasteiger partial charge in [0, 0.05) is 10.9 Å². The first-order chi connectivity index (χ1) is 12.9. The van der Waals surface area contributed by atoms with Crippen molar-refractivity contribution in [3.8, 4) is 5.75 Å². The van der Waals surface area contributed by atoms with E-state index in [1.54, 1.807) is 18.2 Å². The predicted molar refractivity (Wildman–Crippen MR) is 109 cm³/mol. The van der Waals surface area contributed by atoms with Crippen molar-refractivity contribution in [3.63, 3.8) is 0 Å². The Morgan fingerprint density at radius 3 is 2.85 bits per heavy atom. The van der Waals surface area contributed by atoms with Crippen molar-refractivity contribution in [3.05, 3.63) is 68.8 Å². The maximum absolute atomic E-state index is 11.9. The molecule has 0 atom stereocenters. The molecule has 2 aromatic carbocycles. The van der Waals surface area contributed by atoms with Crippen LogP contribution >= 0.6 is 34.8 Å². The van der Waals surface area contributed by atoms with Gasteiger partial charge in [0.2, 0.25) is 0 Å². The third kappa shape index (κ3) is 4.89. The number of rotatable bonds is 5. The van der Waals surface area contributed by atoms with E-state index in [0.29, 0.717) is 21.5 Å². The van der Waals surface area contributed by atoms with Crippen molar-refractivity contribution in [2.45, 2.75) is 6.92 Å². The van der Waals surface area contributed by atoms with E-state index in [2.05, 4.69) is 15.5 Å². The second-order valence-corrected chi connectivity index (χ2v) is 6.84. The third-order valence-corrected chi connectivity index (χ3v) is 4.73. The van der Waals surface area contributed by atoms with E-state index in [4.69, 9.17) is 39.5 Å². The minimum Gasteiger partial charge on any atom is -0.482 e. The molecule has 138 valence electrons. The van der Waals surface area contributed by atoms with Gasteiger partial charge in [-0.2, -0.15) is 5.10 Å². The normalized spacial score (nSPS) is 11.1. The molecule has 0 fully saturated rings. The molecule has 0 aliphatic heterocycles. The van der Waals surface area contributed by atoms with Gasteiger partial charge in [0.05, 0.1) is 16.8 Å². The minimum absolute atomic E-state index is 0.250. The van der Waals surface area contributed by atoms with E-state index >= 15 is 0 Å². The Morgan fingerprint density at radius 1 is 1.22 bits per heavy atom. The molecular weight excluding hydrogens is 409 g/mol. The molecule has 3 aromatic rings. The highest BCUT2D eigenvalue weighted by molar-refractivity contribution is 6.42. The molecule has 0 spiro atoms. The van der Waals surface area contributed by atoms with Gasteiger partial charge in [-0.1, -0.05) is 53.0 Å². The van der Waals surface area contributed by atoms with Crippen molar-refractivity contribution in [2.24, 2.45) is 5.10 Å². The molecule has 0 unspecified atom stereocenters. The van der Waals surface area contributed by atoms with Crippen molar-refractivity contribution >= 4 is 57.8 Å². The summed E-state index contributed by atoms with van der Waals surface area (Å²) in [5, 5.41) is 5.72. The molecule has 0 radical (unpaired) electrons. The summed E-state index contributed by atoms with van der Waals surface area (Å²) >= 11 is 18.1. The minimum atomic E-state index is -0.456. The summed E-state index contributed by atoms with van der Waals surface area (Å²) in [4.78, 5) is 16.2. The largest absolute Gasteiger partial charge is 0.482 e. The van der Waals surface area contributed by atoms with Gasteiger partial charge >= 0.3 is 0 Å². The monoisotopic (exact) mass is 421 g/mol. The number of carbonyl (C=O) groups excluding carboxylic acids is 1. The number of fused-ring (bicyclic) bond motifs is 1. The third-order valence-electron chi connectivity index (χ3n) is 3.62. The first kappa shape index (κ1) is 19.4. The number of hydrazone groups is 1. The summed E-state index contributed by atoms with van der Waals surface area (Å²) < 4.78 is 5.33. The molecule has 1 amide bonds. The molecule has 0 bridgehead atoms. The zero-order valence-electron chi connectivity index (χ0n) is 14.2. The van der Waals surface area contributed by atoms with Gasteiger partial charge in [-0.25, -0.2) is 10.4 Å². The summed E-state index contributed by atoms with van der Waals surface area (Å²) in [6.07, 6.45) is 1.43. The van der Waals surface area contributed by atoms with Crippen molar-refractivity contribution < 1.29 is 9.53 Å². The Labute approximate surface area is 170 Å². The number of aryl methyl sites for hydroxylation is 1. The second-order valence-electron chi connectivity index (χ2n) is 5.70. The molecule has 0 saturated heterocycles. The highest BCUT2D eigenvalue weighted by Gasteiger charge is 2.08. The van der Waals surface area contributed by atoms with E-state index in [0.717, 1.165) is 16.5 Å². The van der Waals surface area contributed by atoms with Crippen molar-refractivity contribution in [2.75, 3.05) is 6.61 Å². The number of pyridine rings is 1. The van der Waals surface area contributed by atoms with Crippen molar-refractivity contribution in [1.82, 2.24) is 10.4 Å². The van der Waals surface area contributed by atoms with E-state index in [9.17, 15) is 4.79 Å². The van der Waals surface area contributed by atoms with Gasteiger partial charge in [0.25, 0.3) is 5.91 Å². The first-order valence-corrected chi connectivity index (χ1v) is 9.03. The highest BCUT2D eigenvalue weighted by Crippen LogP contribution is 2.31. The molecule has 8 heteroatoms. The van der Waals surface area contributed by atoms with Crippen LogP contribution in [0.25, 0.3) is 10.9 Å². The number of hydrogen-bond donors (Lipinski definition) is 1. The van der Waals surface area contributed by atoms with Crippen LogP contribution in [0.3, 0.4) is 0 Å². The maximum atomic E-state index is 11.9. The zero-order valence-corrected chi connectivity index (χ0v) is 16.4. The summed E-state index contributed by atoms with van der Waals surface area (Å²) in [6, 6.07) is 12.7. The number of amides is 1. The molecule has 0 saturated carbocycles. The Balaban J connectivity index is 1.62. The summed E-state index contributed by atoms with van der Waals surface area (Å²) in [7, 11) is 0. The smallest absolute Gasteiger partial charge is 0.277 e. The summed E-state index contributed by atoms with van der Waals surface area (Å²) in [6.45, 7) is 1.72. The number of hydrogen-bond acceptors (Lipinski definition) is 4. The maximum Gasteiger partial charge on any atom is 0.277 e. The first-order valence-electron chi connectivity index (χ1n) is 7.89. The van der Waals surface area contributed by atoms with Gasteiger partial charge in [0.15, 0.2) is 6.61 Å². The number of ether oxygens (including phenoxy) is 1. The summed E-state index contributed by atoms with van der Waals surface area (Å²) in [5.41, 5.74) is 4.85. The van der Waals surface area contributed by atoms with Gasteiger partial charge in [0.1, 0.15) is 15.9 Å². The topological polar surface area (TPSA) is 63.6 Å². The average molecular weight is 423 g/mol. The van der Waals surface area contributed by atoms with Crippen LogP contribution in [0, 0.1) is 6.92 Å². The van der Waals surface area contributed by atoms with Crippen LogP contribution in [0.4, 0.5) is 0 Å². The van der Waals surface area contributed by atoms with Crippen LogP contribution in [0.5, 0.6) is 5.75 Å². The standard InChI is InChI=1S/C19H14Cl3N3O2/c1-11-5-6-12-8-13(19(22)24-15(12)7-11)9-23-25-17(26)10-27-16-4-2-3-14(20)18(16)21/h2-9H,10H2,1H3,(H,25,26)/b23-9-. The molecular formula is C19H14Cl3N3O2. The van der Waals surface area contributed by atoms with E-state index in [-0.39, 0.29) is 11.6 Å². The van der Waals surface area contributed by atoms with Crippen LogP contribution in [-0.4, -0.2) is 23.7 Å². The quantitative estimate of drug-likeness (QED) is 0.356. The number of carbonyl (C=O) groups is 1. The Hall–Kier alpha value is -2.34. The average Bonchev–Trinajstić information content (AvgIpc) is 2.63. The lowest BCUT2D eigenvalue weighted by molar-refractivity contribution is -0.123. The molecule has 1 aromatic heterocycles. The number of aromatic nitrogens is 1. The van der Waals surface area contributed by atoms with Gasteiger partial charge in [-0.05, 0) is 36.8 Å². The molecule has 0 aliphatic rings. The Morgan fingerprint density at radius 2 is 2.04 bits per heavy atom. The molecule has 5 nitrogen and oxygen atoms in total. The van der Waals surface area contributed by atoms with Gasteiger partial charge in [-0.3, -0.25) is 4.79 Å². The number of nitrogens with zero attached hydrogens (tertiary/aromatic N) is 2. The number of benzene rings is 2. The number of halogens is 3. The van der Waals surface area contributed by atoms with E-state index in [1.807, 2.05) is 31.2 Å². The second kappa shape index (κ2) is 8.57. The molecule has 3 rings (SSSR count). The fourth-order valence-electron chi connectivity index (χ4n) is 2.31. The van der Waals surface area contributed by atoms with Gasteiger partial charge in [-0.15, -0.1) is 0 Å². The van der Waals surface area contributed by atoms with Crippen molar-refractivity contribution in [1.29, 1.82) is 0 Å². The van der Waals surface area contributed by atoms with Crippen LogP contribution in [0.1, 0.15) is 11.1 Å². The lowest BCUT2D eigenvalue weighted by atomic mass is 10.1. The van der Waals surface area contributed by atoms with Gasteiger partial charge < -0.3 is 4.74 Å². The van der Waals surface area contributed by atoms with E-state index in [1.165, 1.54) is 6.21 Å². The lowest BCUT2D eigenvalue weighted by Gasteiger charge is -2.07. The molecule has 0 aliphatic carbocycles.